The van der Waals surface area contributed by atoms with Crippen LogP contribution in [-0.4, -0.2) is 11.9 Å². The Kier molecular flexibility index (Phi) is 5.25. The maximum absolute atomic E-state index is 12.5. The molecule has 1 amide bonds. The van der Waals surface area contributed by atoms with Gasteiger partial charge in [-0.3, -0.25) is 21.1 Å². The van der Waals surface area contributed by atoms with E-state index in [9.17, 15) is 4.79 Å². The van der Waals surface area contributed by atoms with E-state index in [-0.39, 0.29) is 5.96 Å². The van der Waals surface area contributed by atoms with Crippen LogP contribution in [0.3, 0.4) is 0 Å². The molecule has 0 fully saturated rings. The van der Waals surface area contributed by atoms with Gasteiger partial charge in [-0.05, 0) is 17.7 Å². The molecule has 22 heavy (non-hydrogen) atoms. The second-order valence-electron chi connectivity index (χ2n) is 4.51. The number of nitrogens with two attached hydrogens (primary N) is 1. The average molecular weight is 337 g/mol. The third-order valence-corrected chi connectivity index (χ3v) is 3.66. The Morgan fingerprint density at radius 1 is 1.00 bits per heavy atom. The summed E-state index contributed by atoms with van der Waals surface area (Å²) in [7, 11) is 0. The highest BCUT2D eigenvalue weighted by Crippen LogP contribution is 2.35. The van der Waals surface area contributed by atoms with Crippen molar-refractivity contribution >= 4 is 35.1 Å². The zero-order chi connectivity index (χ0) is 16.1. The van der Waals surface area contributed by atoms with Crippen molar-refractivity contribution in [1.82, 2.24) is 10.9 Å². The van der Waals surface area contributed by atoms with Gasteiger partial charge in [0.2, 0.25) is 11.9 Å². The Morgan fingerprint density at radius 3 is 2.14 bits per heavy atom. The second-order valence-corrected chi connectivity index (χ2v) is 5.32. The van der Waals surface area contributed by atoms with Crippen molar-refractivity contribution in [2.45, 2.75) is 5.92 Å². The first-order valence-electron chi connectivity index (χ1n) is 6.39. The highest BCUT2D eigenvalue weighted by molar-refractivity contribution is 6.36. The summed E-state index contributed by atoms with van der Waals surface area (Å²) in [5.41, 5.74) is 11.1. The lowest BCUT2D eigenvalue weighted by atomic mass is 9.90. The SMILES string of the molecule is N=C(N)NNC(=O)C(c1ccccc1)c1c(Cl)cccc1Cl. The predicted molar refractivity (Wildman–Crippen MR) is 87.9 cm³/mol. The molecular formula is C15H14Cl2N4O. The predicted octanol–water partition coefficient (Wildman–Crippen LogP) is 2.64. The van der Waals surface area contributed by atoms with Gasteiger partial charge in [0, 0.05) is 15.6 Å². The van der Waals surface area contributed by atoms with Gasteiger partial charge in [0.15, 0.2) is 0 Å². The number of guanidine groups is 1. The van der Waals surface area contributed by atoms with Crippen LogP contribution < -0.4 is 16.6 Å². The minimum Gasteiger partial charge on any atom is -0.369 e. The summed E-state index contributed by atoms with van der Waals surface area (Å²) in [4.78, 5) is 12.5. The van der Waals surface area contributed by atoms with Crippen LogP contribution in [0.4, 0.5) is 0 Å². The van der Waals surface area contributed by atoms with Gasteiger partial charge in [0.25, 0.3) is 0 Å². The lowest BCUT2D eigenvalue weighted by molar-refractivity contribution is -0.122. The molecule has 2 aromatic carbocycles. The van der Waals surface area contributed by atoms with E-state index < -0.39 is 11.8 Å². The van der Waals surface area contributed by atoms with Gasteiger partial charge in [0.1, 0.15) is 0 Å². The summed E-state index contributed by atoms with van der Waals surface area (Å²) in [6.07, 6.45) is 0. The minimum atomic E-state index is -0.728. The molecule has 1 atom stereocenters. The molecule has 0 aliphatic rings. The summed E-state index contributed by atoms with van der Waals surface area (Å²) in [6.45, 7) is 0. The van der Waals surface area contributed by atoms with E-state index in [1.165, 1.54) is 0 Å². The molecule has 5 nitrogen and oxygen atoms in total. The van der Waals surface area contributed by atoms with Crippen LogP contribution in [0.1, 0.15) is 17.0 Å². The van der Waals surface area contributed by atoms with Crippen molar-refractivity contribution in [3.8, 4) is 0 Å². The van der Waals surface area contributed by atoms with Crippen molar-refractivity contribution in [3.05, 3.63) is 69.7 Å². The van der Waals surface area contributed by atoms with E-state index in [2.05, 4.69) is 10.9 Å². The standard InChI is InChI=1S/C15H14Cl2N4O/c16-10-7-4-8-11(17)13(10)12(9-5-2-1-3-6-9)14(22)20-21-15(18)19/h1-8,12H,(H,20,22)(H4,18,19,21). The molecule has 0 aliphatic carbocycles. The number of amides is 1. The zero-order valence-electron chi connectivity index (χ0n) is 11.4. The number of hydrogen-bond acceptors (Lipinski definition) is 2. The van der Waals surface area contributed by atoms with Crippen LogP contribution >= 0.6 is 23.2 Å². The number of carbonyl (C=O) groups excluding carboxylic acids is 1. The largest absolute Gasteiger partial charge is 0.369 e. The zero-order valence-corrected chi connectivity index (χ0v) is 12.9. The summed E-state index contributed by atoms with van der Waals surface area (Å²) in [5.74, 6) is -1.52. The summed E-state index contributed by atoms with van der Waals surface area (Å²) in [5, 5.41) is 7.90. The number of halogens is 2. The number of hydrazine groups is 1. The highest BCUT2D eigenvalue weighted by atomic mass is 35.5. The monoisotopic (exact) mass is 336 g/mol. The fourth-order valence-electron chi connectivity index (χ4n) is 2.08. The Bertz CT molecular complexity index is 671. The molecule has 0 spiro atoms. The van der Waals surface area contributed by atoms with E-state index in [0.717, 1.165) is 5.56 Å². The quantitative estimate of drug-likeness (QED) is 0.394. The van der Waals surface area contributed by atoms with Gasteiger partial charge in [-0.2, -0.15) is 0 Å². The number of rotatable bonds is 3. The Balaban J connectivity index is 2.47. The molecule has 2 aromatic rings. The van der Waals surface area contributed by atoms with Crippen molar-refractivity contribution in [2.75, 3.05) is 0 Å². The van der Waals surface area contributed by atoms with Gasteiger partial charge in [-0.15, -0.1) is 0 Å². The van der Waals surface area contributed by atoms with Gasteiger partial charge >= 0.3 is 0 Å². The molecule has 0 aliphatic heterocycles. The summed E-state index contributed by atoms with van der Waals surface area (Å²) in [6, 6.07) is 14.1. The Hall–Kier alpha value is -2.24. The highest BCUT2D eigenvalue weighted by Gasteiger charge is 2.27. The molecular weight excluding hydrogens is 323 g/mol. The maximum Gasteiger partial charge on any atom is 0.250 e. The number of benzene rings is 2. The van der Waals surface area contributed by atoms with Gasteiger partial charge < -0.3 is 5.73 Å². The second kappa shape index (κ2) is 7.15. The van der Waals surface area contributed by atoms with Gasteiger partial charge in [-0.25, -0.2) is 0 Å². The Morgan fingerprint density at radius 2 is 1.59 bits per heavy atom. The third-order valence-electron chi connectivity index (χ3n) is 3.00. The van der Waals surface area contributed by atoms with Crippen LogP contribution in [0.2, 0.25) is 10.0 Å². The normalized spacial score (nSPS) is 11.5. The van der Waals surface area contributed by atoms with Gasteiger partial charge in [0.05, 0.1) is 5.92 Å². The summed E-state index contributed by atoms with van der Waals surface area (Å²) >= 11 is 12.5. The van der Waals surface area contributed by atoms with Gasteiger partial charge in [-0.1, -0.05) is 59.6 Å². The Labute approximate surface area is 137 Å². The van der Waals surface area contributed by atoms with Crippen LogP contribution in [0.25, 0.3) is 0 Å². The van der Waals surface area contributed by atoms with E-state index in [1.54, 1.807) is 30.3 Å². The fourth-order valence-corrected chi connectivity index (χ4v) is 2.70. The molecule has 114 valence electrons. The average Bonchev–Trinajstić information content (AvgIpc) is 2.49. The summed E-state index contributed by atoms with van der Waals surface area (Å²) < 4.78 is 0. The molecule has 0 radical (unpaired) electrons. The van der Waals surface area contributed by atoms with Crippen LogP contribution in [0.5, 0.6) is 0 Å². The molecule has 0 heterocycles. The number of hydrogen-bond donors (Lipinski definition) is 4. The molecule has 7 heteroatoms. The number of nitrogens with one attached hydrogen (secondary N) is 3. The molecule has 0 saturated heterocycles. The van der Waals surface area contributed by atoms with E-state index in [4.69, 9.17) is 34.3 Å². The first kappa shape index (κ1) is 16.1. The van der Waals surface area contributed by atoms with Crippen LogP contribution in [-0.2, 0) is 4.79 Å². The van der Waals surface area contributed by atoms with E-state index in [1.807, 2.05) is 18.2 Å². The maximum atomic E-state index is 12.5. The van der Waals surface area contributed by atoms with E-state index in [0.29, 0.717) is 15.6 Å². The van der Waals surface area contributed by atoms with Crippen molar-refractivity contribution in [1.29, 1.82) is 5.41 Å². The molecule has 0 bridgehead atoms. The lowest BCUT2D eigenvalue weighted by Crippen LogP contribution is -2.47. The van der Waals surface area contributed by atoms with Crippen LogP contribution in [0, 0.1) is 5.41 Å². The first-order valence-corrected chi connectivity index (χ1v) is 7.15. The van der Waals surface area contributed by atoms with Crippen molar-refractivity contribution < 1.29 is 4.79 Å². The lowest BCUT2D eigenvalue weighted by Gasteiger charge is -2.20. The minimum absolute atomic E-state index is 0.370. The van der Waals surface area contributed by atoms with Crippen LogP contribution in [0.15, 0.2) is 48.5 Å². The van der Waals surface area contributed by atoms with E-state index >= 15 is 0 Å². The molecule has 2 rings (SSSR count). The third kappa shape index (κ3) is 3.69. The fraction of sp³-hybridized carbons (Fsp3) is 0.0667. The van der Waals surface area contributed by atoms with Crippen molar-refractivity contribution in [2.24, 2.45) is 5.73 Å². The molecule has 0 saturated carbocycles. The first-order chi connectivity index (χ1) is 10.5. The van der Waals surface area contributed by atoms with Crippen molar-refractivity contribution in [3.63, 3.8) is 0 Å². The molecule has 0 aromatic heterocycles. The molecule has 1 unspecified atom stereocenters. The topological polar surface area (TPSA) is 91.0 Å². The number of carbonyl (C=O) groups is 1. The molecule has 5 N–H and O–H groups in total. The smallest absolute Gasteiger partial charge is 0.250 e.